The van der Waals surface area contributed by atoms with Crippen LogP contribution in [0.25, 0.3) is 0 Å². The van der Waals surface area contributed by atoms with Crippen LogP contribution in [-0.2, 0) is 0 Å². The number of hydroxylamine groups is 1. The first-order valence-corrected chi connectivity index (χ1v) is 5.37. The number of aromatic hydroxyl groups is 1. The summed E-state index contributed by atoms with van der Waals surface area (Å²) in [7, 11) is 0. The van der Waals surface area contributed by atoms with E-state index in [1.807, 2.05) is 0 Å². The molecule has 0 saturated carbocycles. The molecule has 0 aliphatic carbocycles. The lowest BCUT2D eigenvalue weighted by molar-refractivity contribution is 0.233. The average molecular weight is 317 g/mol. The molecule has 1 aromatic heterocycles. The van der Waals surface area contributed by atoms with Gasteiger partial charge in [0.05, 0.1) is 10.2 Å². The van der Waals surface area contributed by atoms with Crippen LogP contribution in [0.2, 0.25) is 0 Å². The third-order valence-corrected chi connectivity index (χ3v) is 2.55. The van der Waals surface area contributed by atoms with Crippen LogP contribution in [0.3, 0.4) is 0 Å². The van der Waals surface area contributed by atoms with E-state index >= 15 is 0 Å². The highest BCUT2D eigenvalue weighted by Crippen LogP contribution is 2.23. The SMILES string of the molecule is ON/C(=N\c1ccc(F)c(Br)c1)c1nonc1O. The van der Waals surface area contributed by atoms with Crippen LogP contribution >= 0.6 is 15.9 Å². The van der Waals surface area contributed by atoms with Crippen molar-refractivity contribution in [3.8, 4) is 5.88 Å². The van der Waals surface area contributed by atoms with Crippen molar-refractivity contribution < 1.29 is 19.3 Å². The molecule has 0 radical (unpaired) electrons. The van der Waals surface area contributed by atoms with Gasteiger partial charge in [0.15, 0.2) is 5.84 Å². The summed E-state index contributed by atoms with van der Waals surface area (Å²) in [6, 6.07) is 3.96. The van der Waals surface area contributed by atoms with E-state index in [0.717, 1.165) is 0 Å². The zero-order valence-corrected chi connectivity index (χ0v) is 10.2. The van der Waals surface area contributed by atoms with Crippen LogP contribution < -0.4 is 5.48 Å². The third kappa shape index (κ3) is 2.46. The largest absolute Gasteiger partial charge is 0.489 e. The molecule has 9 heteroatoms. The molecule has 0 aliphatic heterocycles. The number of nitrogens with zero attached hydrogens (tertiary/aromatic N) is 3. The van der Waals surface area contributed by atoms with Crippen LogP contribution in [0.15, 0.2) is 32.3 Å². The molecule has 0 spiro atoms. The molecule has 1 aromatic carbocycles. The summed E-state index contributed by atoms with van der Waals surface area (Å²) in [5.41, 5.74) is 1.90. The van der Waals surface area contributed by atoms with Gasteiger partial charge in [-0.3, -0.25) is 10.7 Å². The maximum Gasteiger partial charge on any atom is 0.284 e. The highest BCUT2D eigenvalue weighted by Gasteiger charge is 2.15. The van der Waals surface area contributed by atoms with E-state index in [2.05, 4.69) is 35.9 Å². The lowest BCUT2D eigenvalue weighted by Gasteiger charge is -2.01. The van der Waals surface area contributed by atoms with E-state index in [4.69, 9.17) is 5.21 Å². The fraction of sp³-hybridized carbons (Fsp3) is 0. The van der Waals surface area contributed by atoms with Crippen molar-refractivity contribution in [3.05, 3.63) is 34.2 Å². The van der Waals surface area contributed by atoms with E-state index in [0.29, 0.717) is 5.69 Å². The Morgan fingerprint density at radius 3 is 2.78 bits per heavy atom. The molecule has 0 saturated heterocycles. The topological polar surface area (TPSA) is 104 Å². The second kappa shape index (κ2) is 5.10. The van der Waals surface area contributed by atoms with Crippen LogP contribution in [0.5, 0.6) is 5.88 Å². The zero-order chi connectivity index (χ0) is 13.1. The van der Waals surface area contributed by atoms with Gasteiger partial charge in [0.25, 0.3) is 5.88 Å². The fourth-order valence-electron chi connectivity index (χ4n) is 1.15. The zero-order valence-electron chi connectivity index (χ0n) is 8.63. The van der Waals surface area contributed by atoms with Crippen molar-refractivity contribution in [1.82, 2.24) is 15.8 Å². The number of rotatable bonds is 2. The second-order valence-corrected chi connectivity index (χ2v) is 3.96. The summed E-state index contributed by atoms with van der Waals surface area (Å²) >= 11 is 3.00. The molecule has 0 fully saturated rings. The molecule has 0 atom stereocenters. The van der Waals surface area contributed by atoms with E-state index in [1.54, 1.807) is 5.48 Å². The summed E-state index contributed by atoms with van der Waals surface area (Å²) in [5.74, 6) is -1.16. The summed E-state index contributed by atoms with van der Waals surface area (Å²) in [5, 5.41) is 24.7. The molecule has 0 aliphatic rings. The first-order chi connectivity index (χ1) is 8.61. The highest BCUT2D eigenvalue weighted by atomic mass is 79.9. The molecular weight excluding hydrogens is 311 g/mol. The van der Waals surface area contributed by atoms with E-state index in [9.17, 15) is 9.50 Å². The van der Waals surface area contributed by atoms with Gasteiger partial charge in [0.1, 0.15) is 5.82 Å². The smallest absolute Gasteiger partial charge is 0.284 e. The van der Waals surface area contributed by atoms with Gasteiger partial charge in [-0.15, -0.1) is 0 Å². The highest BCUT2D eigenvalue weighted by molar-refractivity contribution is 9.10. The lowest BCUT2D eigenvalue weighted by atomic mass is 10.3. The number of hydrogen-bond acceptors (Lipinski definition) is 6. The maximum atomic E-state index is 13.0. The molecule has 1 heterocycles. The van der Waals surface area contributed by atoms with Gasteiger partial charge in [-0.1, -0.05) is 0 Å². The Balaban J connectivity index is 2.41. The molecule has 18 heavy (non-hydrogen) atoms. The van der Waals surface area contributed by atoms with Gasteiger partial charge in [0, 0.05) is 0 Å². The second-order valence-electron chi connectivity index (χ2n) is 3.11. The average Bonchev–Trinajstić information content (AvgIpc) is 2.77. The number of halogens is 2. The molecule has 0 unspecified atom stereocenters. The lowest BCUT2D eigenvalue weighted by Crippen LogP contribution is -2.20. The predicted octanol–water partition coefficient (Wildman–Crippen LogP) is 1.73. The number of amidine groups is 1. The normalized spacial score (nSPS) is 11.6. The monoisotopic (exact) mass is 316 g/mol. The van der Waals surface area contributed by atoms with Gasteiger partial charge in [0.2, 0.25) is 5.69 Å². The molecule has 0 bridgehead atoms. The quantitative estimate of drug-likeness (QED) is 0.443. The fourth-order valence-corrected chi connectivity index (χ4v) is 1.51. The molecule has 2 aromatic rings. The van der Waals surface area contributed by atoms with Gasteiger partial charge in [-0.25, -0.2) is 14.0 Å². The Morgan fingerprint density at radius 2 is 2.22 bits per heavy atom. The van der Waals surface area contributed by atoms with Crippen molar-refractivity contribution in [3.63, 3.8) is 0 Å². The summed E-state index contributed by atoms with van der Waals surface area (Å²) < 4.78 is 17.5. The Bertz CT molecular complexity index is 601. The molecule has 0 amide bonds. The standard InChI is InChI=1S/C9H6BrFN4O3/c10-5-3-4(1-2-6(5)11)12-8(13-17)7-9(16)15-18-14-7/h1-3,17H,(H,12,13)(H,15,16). The first-order valence-electron chi connectivity index (χ1n) is 4.57. The predicted molar refractivity (Wildman–Crippen MR) is 61.2 cm³/mol. The number of hydrogen-bond donors (Lipinski definition) is 3. The summed E-state index contributed by atoms with van der Waals surface area (Å²) in [6.07, 6.45) is 0. The van der Waals surface area contributed by atoms with E-state index in [-0.39, 0.29) is 16.0 Å². The van der Waals surface area contributed by atoms with Gasteiger partial charge >= 0.3 is 0 Å². The van der Waals surface area contributed by atoms with Crippen molar-refractivity contribution in [2.75, 3.05) is 0 Å². The molecular formula is C9H6BrFN4O3. The Kier molecular flexibility index (Phi) is 3.53. The van der Waals surface area contributed by atoms with Crippen LogP contribution in [0.1, 0.15) is 5.69 Å². The maximum absolute atomic E-state index is 13.0. The van der Waals surface area contributed by atoms with Crippen LogP contribution in [0.4, 0.5) is 10.1 Å². The minimum Gasteiger partial charge on any atom is -0.489 e. The number of benzene rings is 1. The Morgan fingerprint density at radius 1 is 1.44 bits per heavy atom. The van der Waals surface area contributed by atoms with Gasteiger partial charge in [-0.2, -0.15) is 0 Å². The van der Waals surface area contributed by atoms with Crippen molar-refractivity contribution in [1.29, 1.82) is 0 Å². The summed E-state index contributed by atoms with van der Waals surface area (Å²) in [6.45, 7) is 0. The third-order valence-electron chi connectivity index (χ3n) is 1.95. The van der Waals surface area contributed by atoms with E-state index < -0.39 is 11.7 Å². The minimum atomic E-state index is -0.531. The van der Waals surface area contributed by atoms with E-state index in [1.165, 1.54) is 18.2 Å². The first kappa shape index (κ1) is 12.5. The number of nitrogens with one attached hydrogen (secondary N) is 1. The molecule has 7 nitrogen and oxygen atoms in total. The van der Waals surface area contributed by atoms with Crippen molar-refractivity contribution in [2.24, 2.45) is 4.99 Å². The molecule has 2 rings (SSSR count). The number of aliphatic imine (C=N–C) groups is 1. The van der Waals surface area contributed by atoms with Crippen LogP contribution in [0, 0.1) is 5.82 Å². The number of aromatic nitrogens is 2. The Hall–Kier alpha value is -2.00. The Labute approximate surface area is 108 Å². The van der Waals surface area contributed by atoms with Gasteiger partial charge < -0.3 is 5.11 Å². The van der Waals surface area contributed by atoms with Gasteiger partial charge in [-0.05, 0) is 44.4 Å². The van der Waals surface area contributed by atoms with Crippen molar-refractivity contribution in [2.45, 2.75) is 0 Å². The van der Waals surface area contributed by atoms with Crippen molar-refractivity contribution >= 4 is 27.5 Å². The molecule has 3 N–H and O–H groups in total. The minimum absolute atomic E-state index is 0.169. The summed E-state index contributed by atoms with van der Waals surface area (Å²) in [4.78, 5) is 3.92. The van der Waals surface area contributed by atoms with Crippen LogP contribution in [-0.4, -0.2) is 26.5 Å². The molecule has 94 valence electrons.